The molecule has 0 bridgehead atoms. The van der Waals surface area contributed by atoms with Gasteiger partial charge in [-0.25, -0.2) is 4.98 Å². The molecular formula is C27H29F3N4O2. The minimum atomic E-state index is -4.51. The molecular weight excluding hydrogens is 469 g/mol. The summed E-state index contributed by atoms with van der Waals surface area (Å²) in [5.41, 5.74) is 0.579. The molecule has 1 aliphatic rings. The summed E-state index contributed by atoms with van der Waals surface area (Å²) < 4.78 is 38.8. The third kappa shape index (κ3) is 7.05. The number of aliphatic hydroxyl groups excluding tert-OH is 1. The summed E-state index contributed by atoms with van der Waals surface area (Å²) >= 11 is 0. The van der Waals surface area contributed by atoms with E-state index in [0.29, 0.717) is 18.7 Å². The van der Waals surface area contributed by atoms with Crippen molar-refractivity contribution >= 4 is 17.4 Å². The van der Waals surface area contributed by atoms with Gasteiger partial charge in [-0.1, -0.05) is 36.4 Å². The summed E-state index contributed by atoms with van der Waals surface area (Å²) in [6, 6.07) is 17.7. The van der Waals surface area contributed by atoms with Crippen molar-refractivity contribution in [1.82, 2.24) is 9.88 Å². The van der Waals surface area contributed by atoms with Crippen molar-refractivity contribution in [3.05, 3.63) is 89.6 Å². The molecule has 1 atom stereocenters. The summed E-state index contributed by atoms with van der Waals surface area (Å²) in [6.07, 6.45) is -1.89. The lowest BCUT2D eigenvalue weighted by Gasteiger charge is -2.24. The molecule has 0 aliphatic carbocycles. The Kier molecular flexibility index (Phi) is 8.22. The number of carbonyl (C=O) groups is 1. The van der Waals surface area contributed by atoms with E-state index in [1.807, 2.05) is 30.3 Å². The molecule has 0 saturated carbocycles. The van der Waals surface area contributed by atoms with Crippen LogP contribution >= 0.6 is 0 Å². The van der Waals surface area contributed by atoms with Crippen molar-refractivity contribution in [3.63, 3.8) is 0 Å². The number of nitrogens with one attached hydrogen (secondary N) is 1. The van der Waals surface area contributed by atoms with Crippen LogP contribution in [0.3, 0.4) is 0 Å². The Morgan fingerprint density at radius 3 is 2.53 bits per heavy atom. The molecule has 2 aromatic carbocycles. The molecule has 9 heteroatoms. The number of hydrogen-bond donors (Lipinski definition) is 2. The molecule has 36 heavy (non-hydrogen) atoms. The number of alkyl halides is 3. The van der Waals surface area contributed by atoms with E-state index in [1.54, 1.807) is 12.1 Å². The Labute approximate surface area is 208 Å². The number of rotatable bonds is 7. The number of β-amino-alcohol motifs (C(OH)–C–C–N with tert-alkyl or cyclic N) is 1. The molecule has 3 aromatic rings. The first-order valence-electron chi connectivity index (χ1n) is 11.9. The van der Waals surface area contributed by atoms with Crippen molar-refractivity contribution in [3.8, 4) is 0 Å². The zero-order valence-corrected chi connectivity index (χ0v) is 19.8. The first-order valence-corrected chi connectivity index (χ1v) is 11.9. The van der Waals surface area contributed by atoms with Gasteiger partial charge in [0.25, 0.3) is 5.91 Å². The fourth-order valence-electron chi connectivity index (χ4n) is 4.32. The molecule has 1 amide bonds. The molecule has 1 saturated heterocycles. The number of amides is 1. The minimum absolute atomic E-state index is 0.0732. The zero-order valence-electron chi connectivity index (χ0n) is 19.8. The number of aromatic nitrogens is 1. The largest absolute Gasteiger partial charge is 0.416 e. The fourth-order valence-corrected chi connectivity index (χ4v) is 4.32. The highest BCUT2D eigenvalue weighted by atomic mass is 19.4. The van der Waals surface area contributed by atoms with Gasteiger partial charge in [-0.2, -0.15) is 13.2 Å². The maximum atomic E-state index is 12.9. The van der Waals surface area contributed by atoms with E-state index in [4.69, 9.17) is 0 Å². The van der Waals surface area contributed by atoms with Crippen LogP contribution < -0.4 is 10.2 Å². The molecule has 1 aromatic heterocycles. The van der Waals surface area contributed by atoms with Crippen LogP contribution in [0, 0.1) is 0 Å². The van der Waals surface area contributed by atoms with Crippen molar-refractivity contribution in [2.75, 3.05) is 42.9 Å². The number of anilines is 2. The molecule has 4 rings (SSSR count). The van der Waals surface area contributed by atoms with E-state index in [1.165, 1.54) is 18.3 Å². The van der Waals surface area contributed by atoms with Gasteiger partial charge in [0.05, 0.1) is 23.6 Å². The Morgan fingerprint density at radius 2 is 1.81 bits per heavy atom. The molecule has 2 heterocycles. The van der Waals surface area contributed by atoms with Gasteiger partial charge in [-0.15, -0.1) is 0 Å². The van der Waals surface area contributed by atoms with E-state index in [0.717, 1.165) is 56.1 Å². The lowest BCUT2D eigenvalue weighted by Crippen LogP contribution is -2.36. The average Bonchev–Trinajstić information content (AvgIpc) is 3.10. The van der Waals surface area contributed by atoms with Gasteiger partial charge in [0.2, 0.25) is 0 Å². The molecule has 6 nitrogen and oxygen atoms in total. The van der Waals surface area contributed by atoms with Gasteiger partial charge in [0, 0.05) is 31.7 Å². The number of halogens is 3. The van der Waals surface area contributed by atoms with Gasteiger partial charge < -0.3 is 15.3 Å². The van der Waals surface area contributed by atoms with Crippen molar-refractivity contribution in [2.24, 2.45) is 0 Å². The number of nitrogens with zero attached hydrogens (tertiary/aromatic N) is 3. The van der Waals surface area contributed by atoms with Gasteiger partial charge in [0.1, 0.15) is 5.82 Å². The molecule has 0 radical (unpaired) electrons. The van der Waals surface area contributed by atoms with Crippen LogP contribution in [-0.4, -0.2) is 59.7 Å². The van der Waals surface area contributed by atoms with Gasteiger partial charge in [-0.05, 0) is 55.3 Å². The zero-order chi connectivity index (χ0) is 25.5. The minimum Gasteiger partial charge on any atom is -0.391 e. The highest BCUT2D eigenvalue weighted by Crippen LogP contribution is 2.29. The Hall–Kier alpha value is -3.43. The highest BCUT2D eigenvalue weighted by molar-refractivity contribution is 6.04. The second-order valence-electron chi connectivity index (χ2n) is 8.92. The summed E-state index contributed by atoms with van der Waals surface area (Å²) in [7, 11) is 0. The first-order chi connectivity index (χ1) is 17.3. The number of aliphatic hydroxyl groups is 1. The predicted molar refractivity (Wildman–Crippen MR) is 133 cm³/mol. The number of carbonyl (C=O) groups excluding carboxylic acids is 1. The van der Waals surface area contributed by atoms with E-state index in [2.05, 4.69) is 20.1 Å². The number of hydrogen-bond acceptors (Lipinski definition) is 5. The van der Waals surface area contributed by atoms with E-state index in [-0.39, 0.29) is 5.56 Å². The predicted octanol–water partition coefficient (Wildman–Crippen LogP) is 4.47. The monoisotopic (exact) mass is 498 g/mol. The fraction of sp³-hybridized carbons (Fsp3) is 0.333. The Bertz CT molecular complexity index is 1140. The Morgan fingerprint density at radius 1 is 1.00 bits per heavy atom. The van der Waals surface area contributed by atoms with E-state index >= 15 is 0 Å². The molecule has 1 unspecified atom stereocenters. The van der Waals surface area contributed by atoms with Crippen molar-refractivity contribution in [2.45, 2.75) is 25.1 Å². The smallest absolute Gasteiger partial charge is 0.391 e. The first kappa shape index (κ1) is 25.7. The lowest BCUT2D eigenvalue weighted by atomic mass is 10.1. The van der Waals surface area contributed by atoms with Crippen molar-refractivity contribution < 1.29 is 23.1 Å². The second-order valence-corrected chi connectivity index (χ2v) is 8.92. The standard InChI is InChI=1S/C27H29F3N4O2/c28-27(29,30)22-9-4-8-21(17-22)26(36)32-23-10-11-25(31-18-23)34-13-5-12-33(14-15-34)19-24(35)16-20-6-2-1-3-7-20/h1-4,6-11,17-18,24,35H,5,12-16,19H2,(H,32,36). The summed E-state index contributed by atoms with van der Waals surface area (Å²) in [4.78, 5) is 21.3. The highest BCUT2D eigenvalue weighted by Gasteiger charge is 2.31. The molecule has 2 N–H and O–H groups in total. The molecule has 0 spiro atoms. The average molecular weight is 499 g/mol. The van der Waals surface area contributed by atoms with Crippen LogP contribution in [0.1, 0.15) is 27.9 Å². The van der Waals surface area contributed by atoms with E-state index in [9.17, 15) is 23.1 Å². The van der Waals surface area contributed by atoms with Crippen LogP contribution in [0.2, 0.25) is 0 Å². The maximum absolute atomic E-state index is 12.9. The third-order valence-corrected chi connectivity index (χ3v) is 6.15. The third-order valence-electron chi connectivity index (χ3n) is 6.15. The number of pyridine rings is 1. The molecule has 190 valence electrons. The SMILES string of the molecule is O=C(Nc1ccc(N2CCCN(CC(O)Cc3ccccc3)CC2)nc1)c1cccc(C(F)(F)F)c1. The topological polar surface area (TPSA) is 68.7 Å². The van der Waals surface area contributed by atoms with Crippen LogP contribution in [0.25, 0.3) is 0 Å². The van der Waals surface area contributed by atoms with Gasteiger partial charge >= 0.3 is 6.18 Å². The number of benzene rings is 2. The van der Waals surface area contributed by atoms with Crippen LogP contribution in [0.4, 0.5) is 24.7 Å². The normalized spacial score (nSPS) is 15.8. The van der Waals surface area contributed by atoms with Crippen molar-refractivity contribution in [1.29, 1.82) is 0 Å². The quantitative estimate of drug-likeness (QED) is 0.503. The Balaban J connectivity index is 1.30. The maximum Gasteiger partial charge on any atom is 0.416 e. The summed E-state index contributed by atoms with van der Waals surface area (Å²) in [5.74, 6) is 0.133. The summed E-state index contributed by atoms with van der Waals surface area (Å²) in [6.45, 7) is 3.85. The molecule has 1 aliphatic heterocycles. The lowest BCUT2D eigenvalue weighted by molar-refractivity contribution is -0.137. The summed E-state index contributed by atoms with van der Waals surface area (Å²) in [5, 5.41) is 13.1. The van der Waals surface area contributed by atoms with Crippen LogP contribution in [0.5, 0.6) is 0 Å². The van der Waals surface area contributed by atoms with Gasteiger partial charge in [0.15, 0.2) is 0 Å². The molecule has 1 fully saturated rings. The van der Waals surface area contributed by atoms with Crippen LogP contribution in [-0.2, 0) is 12.6 Å². The van der Waals surface area contributed by atoms with E-state index < -0.39 is 23.8 Å². The van der Waals surface area contributed by atoms with Gasteiger partial charge in [-0.3, -0.25) is 9.69 Å². The van der Waals surface area contributed by atoms with Crippen LogP contribution in [0.15, 0.2) is 72.9 Å². The second kappa shape index (κ2) is 11.5.